The lowest BCUT2D eigenvalue weighted by molar-refractivity contribution is -0.0277. The second kappa shape index (κ2) is 7.09. The van der Waals surface area contributed by atoms with Gasteiger partial charge in [0.2, 0.25) is 0 Å². The van der Waals surface area contributed by atoms with E-state index < -0.39 is 5.60 Å². The van der Waals surface area contributed by atoms with E-state index in [1.807, 2.05) is 23.5 Å². The standard InChI is InChI=1S/C18H25N3OS/c1-20(2)12-15-10-17(23-14-15)13-21-8-5-18(22,6-9-21)16-4-3-7-19-11-16/h3-4,7,10-11,14,22H,5-6,8-9,12-13H2,1-2H3. The molecule has 2 aromatic rings. The number of aromatic nitrogens is 1. The minimum atomic E-state index is -0.712. The Bertz CT molecular complexity index is 618. The number of nitrogens with zero attached hydrogens (tertiary/aromatic N) is 3. The van der Waals surface area contributed by atoms with Gasteiger partial charge in [-0.2, -0.15) is 0 Å². The molecule has 124 valence electrons. The van der Waals surface area contributed by atoms with Crippen LogP contribution in [0.5, 0.6) is 0 Å². The van der Waals surface area contributed by atoms with Crippen LogP contribution in [0.2, 0.25) is 0 Å². The maximum Gasteiger partial charge on any atom is 0.0935 e. The first-order valence-corrected chi connectivity index (χ1v) is 8.99. The zero-order chi connectivity index (χ0) is 16.3. The van der Waals surface area contributed by atoms with Crippen LogP contribution in [0.3, 0.4) is 0 Å². The Labute approximate surface area is 142 Å². The van der Waals surface area contributed by atoms with Crippen LogP contribution in [0.4, 0.5) is 0 Å². The first kappa shape index (κ1) is 16.6. The van der Waals surface area contributed by atoms with Crippen molar-refractivity contribution in [2.45, 2.75) is 31.5 Å². The highest BCUT2D eigenvalue weighted by Crippen LogP contribution is 2.33. The third kappa shape index (κ3) is 4.18. The Morgan fingerprint density at radius 2 is 2.13 bits per heavy atom. The van der Waals surface area contributed by atoms with Gasteiger partial charge in [-0.1, -0.05) is 6.07 Å². The maximum atomic E-state index is 10.9. The molecule has 0 unspecified atom stereocenters. The summed E-state index contributed by atoms with van der Waals surface area (Å²) in [6.07, 6.45) is 5.09. The van der Waals surface area contributed by atoms with Gasteiger partial charge in [-0.25, -0.2) is 0 Å². The van der Waals surface area contributed by atoms with Crippen LogP contribution in [0, 0.1) is 0 Å². The topological polar surface area (TPSA) is 39.6 Å². The molecule has 0 bridgehead atoms. The van der Waals surface area contributed by atoms with Crippen LogP contribution in [-0.4, -0.2) is 47.1 Å². The number of piperidine rings is 1. The van der Waals surface area contributed by atoms with Crippen molar-refractivity contribution in [2.24, 2.45) is 0 Å². The van der Waals surface area contributed by atoms with Gasteiger partial charge in [0.1, 0.15) is 0 Å². The van der Waals surface area contributed by atoms with Crippen molar-refractivity contribution >= 4 is 11.3 Å². The van der Waals surface area contributed by atoms with Gasteiger partial charge < -0.3 is 10.0 Å². The molecule has 0 atom stereocenters. The minimum absolute atomic E-state index is 0.712. The average molecular weight is 331 g/mol. The van der Waals surface area contributed by atoms with E-state index in [2.05, 4.69) is 40.3 Å². The second-order valence-corrected chi connectivity index (χ2v) is 7.70. The molecule has 0 amide bonds. The summed E-state index contributed by atoms with van der Waals surface area (Å²) in [6, 6.07) is 6.19. The number of hydrogen-bond acceptors (Lipinski definition) is 5. The van der Waals surface area contributed by atoms with Gasteiger partial charge in [0.25, 0.3) is 0 Å². The molecule has 4 nitrogen and oxygen atoms in total. The second-order valence-electron chi connectivity index (χ2n) is 6.71. The third-order valence-electron chi connectivity index (χ3n) is 4.47. The molecule has 1 N–H and O–H groups in total. The van der Waals surface area contributed by atoms with E-state index in [0.717, 1.165) is 44.6 Å². The van der Waals surface area contributed by atoms with Gasteiger partial charge in [-0.3, -0.25) is 9.88 Å². The van der Waals surface area contributed by atoms with Crippen molar-refractivity contribution < 1.29 is 5.11 Å². The van der Waals surface area contributed by atoms with Crippen molar-refractivity contribution in [3.05, 3.63) is 52.0 Å². The minimum Gasteiger partial charge on any atom is -0.385 e. The van der Waals surface area contributed by atoms with Crippen LogP contribution in [0.25, 0.3) is 0 Å². The molecule has 3 heterocycles. The van der Waals surface area contributed by atoms with Gasteiger partial charge >= 0.3 is 0 Å². The SMILES string of the molecule is CN(C)Cc1csc(CN2CCC(O)(c3cccnc3)CC2)c1. The highest BCUT2D eigenvalue weighted by atomic mass is 32.1. The lowest BCUT2D eigenvalue weighted by Crippen LogP contribution is -2.42. The highest BCUT2D eigenvalue weighted by Gasteiger charge is 2.34. The van der Waals surface area contributed by atoms with Crippen LogP contribution < -0.4 is 0 Å². The van der Waals surface area contributed by atoms with E-state index in [1.54, 1.807) is 12.4 Å². The largest absolute Gasteiger partial charge is 0.385 e. The van der Waals surface area contributed by atoms with E-state index in [1.165, 1.54) is 10.4 Å². The molecule has 0 spiro atoms. The first-order chi connectivity index (χ1) is 11.0. The molecule has 0 radical (unpaired) electrons. The lowest BCUT2D eigenvalue weighted by Gasteiger charge is -2.38. The molecule has 3 rings (SSSR count). The summed E-state index contributed by atoms with van der Waals surface area (Å²) in [5.41, 5.74) is 1.62. The van der Waals surface area contributed by atoms with E-state index in [-0.39, 0.29) is 0 Å². The summed E-state index contributed by atoms with van der Waals surface area (Å²) in [6.45, 7) is 3.83. The Morgan fingerprint density at radius 1 is 1.35 bits per heavy atom. The Balaban J connectivity index is 1.56. The number of rotatable bonds is 5. The Kier molecular flexibility index (Phi) is 5.11. The van der Waals surface area contributed by atoms with Gasteiger partial charge in [0, 0.05) is 49.0 Å². The summed E-state index contributed by atoms with van der Waals surface area (Å²) in [5, 5.41) is 13.1. The van der Waals surface area contributed by atoms with Crippen molar-refractivity contribution in [3.63, 3.8) is 0 Å². The zero-order valence-electron chi connectivity index (χ0n) is 13.9. The predicted molar refractivity (Wildman–Crippen MR) is 94.4 cm³/mol. The molecule has 1 aliphatic heterocycles. The molecular formula is C18H25N3OS. The molecule has 0 aromatic carbocycles. The monoisotopic (exact) mass is 331 g/mol. The molecule has 1 aliphatic rings. The van der Waals surface area contributed by atoms with E-state index in [4.69, 9.17) is 0 Å². The zero-order valence-corrected chi connectivity index (χ0v) is 14.7. The quantitative estimate of drug-likeness (QED) is 0.914. The summed E-state index contributed by atoms with van der Waals surface area (Å²) < 4.78 is 0. The fraction of sp³-hybridized carbons (Fsp3) is 0.500. The summed E-state index contributed by atoms with van der Waals surface area (Å²) >= 11 is 1.84. The van der Waals surface area contributed by atoms with Crippen LogP contribution in [0.15, 0.2) is 36.0 Å². The fourth-order valence-electron chi connectivity index (χ4n) is 3.19. The van der Waals surface area contributed by atoms with Gasteiger partial charge in [-0.15, -0.1) is 11.3 Å². The first-order valence-electron chi connectivity index (χ1n) is 8.11. The molecule has 2 aromatic heterocycles. The fourth-order valence-corrected chi connectivity index (χ4v) is 4.11. The molecule has 1 fully saturated rings. The van der Waals surface area contributed by atoms with Crippen molar-refractivity contribution in [2.75, 3.05) is 27.2 Å². The van der Waals surface area contributed by atoms with Crippen molar-refractivity contribution in [3.8, 4) is 0 Å². The number of likely N-dealkylation sites (tertiary alicyclic amines) is 1. The van der Waals surface area contributed by atoms with Crippen LogP contribution in [0.1, 0.15) is 28.8 Å². The number of pyridine rings is 1. The maximum absolute atomic E-state index is 10.9. The van der Waals surface area contributed by atoms with Crippen molar-refractivity contribution in [1.82, 2.24) is 14.8 Å². The molecule has 1 saturated heterocycles. The third-order valence-corrected chi connectivity index (χ3v) is 5.44. The van der Waals surface area contributed by atoms with Crippen LogP contribution >= 0.6 is 11.3 Å². The van der Waals surface area contributed by atoms with E-state index >= 15 is 0 Å². The predicted octanol–water partition coefficient (Wildman–Crippen LogP) is 2.69. The van der Waals surface area contributed by atoms with Gasteiger partial charge in [-0.05, 0) is 50.0 Å². The summed E-state index contributed by atoms with van der Waals surface area (Å²) in [7, 11) is 4.20. The Morgan fingerprint density at radius 3 is 2.78 bits per heavy atom. The van der Waals surface area contributed by atoms with Crippen LogP contribution in [-0.2, 0) is 18.7 Å². The molecule has 0 saturated carbocycles. The lowest BCUT2D eigenvalue weighted by atomic mass is 9.85. The van der Waals surface area contributed by atoms with E-state index in [0.29, 0.717) is 0 Å². The summed E-state index contributed by atoms with van der Waals surface area (Å²) in [4.78, 5) is 10.2. The summed E-state index contributed by atoms with van der Waals surface area (Å²) in [5.74, 6) is 0. The molecule has 5 heteroatoms. The van der Waals surface area contributed by atoms with Crippen molar-refractivity contribution in [1.29, 1.82) is 0 Å². The Hall–Kier alpha value is -1.27. The molecule has 0 aliphatic carbocycles. The molecule has 23 heavy (non-hydrogen) atoms. The molecular weight excluding hydrogens is 306 g/mol. The number of aliphatic hydroxyl groups is 1. The number of hydrogen-bond donors (Lipinski definition) is 1. The highest BCUT2D eigenvalue weighted by molar-refractivity contribution is 7.10. The smallest absolute Gasteiger partial charge is 0.0935 e. The normalized spacial score (nSPS) is 18.4. The van der Waals surface area contributed by atoms with Gasteiger partial charge in [0.15, 0.2) is 0 Å². The van der Waals surface area contributed by atoms with E-state index in [9.17, 15) is 5.11 Å². The average Bonchev–Trinajstić information content (AvgIpc) is 2.97. The number of thiophene rings is 1. The van der Waals surface area contributed by atoms with Gasteiger partial charge in [0.05, 0.1) is 5.60 Å².